The van der Waals surface area contributed by atoms with Crippen LogP contribution in [0, 0.1) is 12.3 Å². The molecule has 2 N–H and O–H groups in total. The molecule has 2 aromatic rings. The van der Waals surface area contributed by atoms with Gasteiger partial charge in [0.25, 0.3) is 0 Å². The number of hydrogen-bond acceptors (Lipinski definition) is 4. The van der Waals surface area contributed by atoms with Crippen LogP contribution >= 0.6 is 34.5 Å². The number of hydrogen-bond donors (Lipinski definition) is 2. The van der Waals surface area contributed by atoms with Gasteiger partial charge in [-0.15, -0.1) is 11.3 Å². The predicted octanol–water partition coefficient (Wildman–Crippen LogP) is 4.52. The van der Waals surface area contributed by atoms with Crippen LogP contribution in [0.15, 0.2) is 29.3 Å². The standard InChI is InChI=1S/C14H11Cl2N3OS/c1-7-6-21-14(18-7)11-10(20)5-19(13(11)17)9-4-2-3-8(15)12(9)16/h2-4,6,17,20H,5H2,1H3. The molecule has 0 unspecified atom stereocenters. The molecule has 7 heteroatoms. The molecule has 0 fully saturated rings. The van der Waals surface area contributed by atoms with Gasteiger partial charge < -0.3 is 10.0 Å². The minimum absolute atomic E-state index is 0.116. The molecule has 1 aliphatic rings. The highest BCUT2D eigenvalue weighted by molar-refractivity contribution is 7.11. The van der Waals surface area contributed by atoms with Crippen LogP contribution in [0.1, 0.15) is 10.7 Å². The fourth-order valence-electron chi connectivity index (χ4n) is 2.18. The van der Waals surface area contributed by atoms with E-state index in [4.69, 9.17) is 28.6 Å². The molecule has 0 spiro atoms. The van der Waals surface area contributed by atoms with E-state index in [1.165, 1.54) is 11.3 Å². The lowest BCUT2D eigenvalue weighted by atomic mass is 10.2. The number of aromatic nitrogens is 1. The van der Waals surface area contributed by atoms with Crippen LogP contribution in [-0.2, 0) is 0 Å². The van der Waals surface area contributed by atoms with Gasteiger partial charge in [0.1, 0.15) is 16.6 Å². The molecule has 0 amide bonds. The number of anilines is 1. The number of nitrogens with one attached hydrogen (secondary N) is 1. The van der Waals surface area contributed by atoms with Gasteiger partial charge in [0.05, 0.1) is 27.9 Å². The fourth-order valence-corrected chi connectivity index (χ4v) is 3.44. The van der Waals surface area contributed by atoms with Crippen molar-refractivity contribution in [2.45, 2.75) is 6.92 Å². The van der Waals surface area contributed by atoms with Crippen molar-refractivity contribution >= 4 is 51.6 Å². The summed E-state index contributed by atoms with van der Waals surface area (Å²) in [5.41, 5.74) is 1.91. The first-order valence-electron chi connectivity index (χ1n) is 6.14. The first-order valence-corrected chi connectivity index (χ1v) is 7.77. The van der Waals surface area contributed by atoms with Crippen molar-refractivity contribution in [3.63, 3.8) is 0 Å². The third-order valence-corrected chi connectivity index (χ3v) is 4.94. The Hall–Kier alpha value is -1.56. The van der Waals surface area contributed by atoms with Crippen molar-refractivity contribution in [2.24, 2.45) is 0 Å². The van der Waals surface area contributed by atoms with E-state index in [9.17, 15) is 5.11 Å². The topological polar surface area (TPSA) is 60.2 Å². The van der Waals surface area contributed by atoms with Gasteiger partial charge in [-0.2, -0.15) is 0 Å². The maximum Gasteiger partial charge on any atom is 0.139 e. The summed E-state index contributed by atoms with van der Waals surface area (Å²) in [6, 6.07) is 5.22. The van der Waals surface area contributed by atoms with Crippen molar-refractivity contribution < 1.29 is 5.11 Å². The molecule has 0 radical (unpaired) electrons. The molecule has 0 atom stereocenters. The molecular weight excluding hydrogens is 329 g/mol. The number of rotatable bonds is 2. The minimum atomic E-state index is 0.116. The zero-order valence-corrected chi connectivity index (χ0v) is 13.4. The van der Waals surface area contributed by atoms with E-state index >= 15 is 0 Å². The SMILES string of the molecule is Cc1csc(C2=C(O)CN(c3cccc(Cl)c3Cl)C2=N)n1. The van der Waals surface area contributed by atoms with Crippen molar-refractivity contribution in [1.82, 2.24) is 4.98 Å². The summed E-state index contributed by atoms with van der Waals surface area (Å²) in [5.74, 6) is 0.288. The second-order valence-electron chi connectivity index (χ2n) is 4.62. The lowest BCUT2D eigenvalue weighted by Crippen LogP contribution is -2.26. The average Bonchev–Trinajstić information content (AvgIpc) is 2.97. The smallest absolute Gasteiger partial charge is 0.139 e. The van der Waals surface area contributed by atoms with Gasteiger partial charge >= 0.3 is 0 Å². The van der Waals surface area contributed by atoms with Gasteiger partial charge in [0.2, 0.25) is 0 Å². The highest BCUT2D eigenvalue weighted by atomic mass is 35.5. The first kappa shape index (κ1) is 14.4. The third-order valence-electron chi connectivity index (χ3n) is 3.16. The molecular formula is C14H11Cl2N3OS. The van der Waals surface area contributed by atoms with E-state index in [-0.39, 0.29) is 18.1 Å². The molecule has 1 aromatic heterocycles. The van der Waals surface area contributed by atoms with Crippen molar-refractivity contribution in [1.29, 1.82) is 5.41 Å². The zero-order valence-electron chi connectivity index (χ0n) is 11.0. The molecule has 0 saturated carbocycles. The van der Waals surface area contributed by atoms with Crippen LogP contribution < -0.4 is 4.90 Å². The Morgan fingerprint density at radius 3 is 2.81 bits per heavy atom. The maximum absolute atomic E-state index is 10.2. The van der Waals surface area contributed by atoms with Crippen LogP contribution in [0.5, 0.6) is 0 Å². The summed E-state index contributed by atoms with van der Waals surface area (Å²) in [5, 5.41) is 21.8. The van der Waals surface area contributed by atoms with Crippen LogP contribution in [0.25, 0.3) is 5.57 Å². The first-order chi connectivity index (χ1) is 9.99. The van der Waals surface area contributed by atoms with Crippen LogP contribution in [0.2, 0.25) is 10.0 Å². The third kappa shape index (κ3) is 2.41. The fraction of sp³-hybridized carbons (Fsp3) is 0.143. The molecule has 108 valence electrons. The van der Waals surface area contributed by atoms with Gasteiger partial charge in [0, 0.05) is 11.1 Å². The van der Waals surface area contributed by atoms with E-state index in [2.05, 4.69) is 4.98 Å². The van der Waals surface area contributed by atoms with Gasteiger partial charge in [-0.1, -0.05) is 29.3 Å². The normalized spacial score (nSPS) is 15.2. The molecule has 0 aliphatic carbocycles. The van der Waals surface area contributed by atoms with E-state index in [1.807, 2.05) is 12.3 Å². The minimum Gasteiger partial charge on any atom is -0.510 e. The molecule has 4 nitrogen and oxygen atoms in total. The van der Waals surface area contributed by atoms with E-state index in [0.717, 1.165) is 5.69 Å². The number of amidine groups is 1. The second kappa shape index (κ2) is 5.33. The number of aryl methyl sites for hydroxylation is 1. The monoisotopic (exact) mass is 339 g/mol. The summed E-state index contributed by atoms with van der Waals surface area (Å²) in [6.07, 6.45) is 0. The highest BCUT2D eigenvalue weighted by Gasteiger charge is 2.32. The molecule has 0 bridgehead atoms. The molecule has 1 aromatic carbocycles. The highest BCUT2D eigenvalue weighted by Crippen LogP contribution is 2.38. The maximum atomic E-state index is 10.2. The Morgan fingerprint density at radius 2 is 2.14 bits per heavy atom. The number of benzene rings is 1. The number of aliphatic hydroxyl groups excluding tert-OH is 1. The van der Waals surface area contributed by atoms with Gasteiger partial charge in [-0.25, -0.2) is 4.98 Å². The van der Waals surface area contributed by atoms with Crippen LogP contribution in [0.3, 0.4) is 0 Å². The molecule has 21 heavy (non-hydrogen) atoms. The summed E-state index contributed by atoms with van der Waals surface area (Å²) in [4.78, 5) is 5.96. The Morgan fingerprint density at radius 1 is 1.38 bits per heavy atom. The van der Waals surface area contributed by atoms with Crippen LogP contribution in [0.4, 0.5) is 5.69 Å². The van der Waals surface area contributed by atoms with Crippen molar-refractivity contribution in [3.8, 4) is 0 Å². The number of aliphatic hydroxyl groups is 1. The largest absolute Gasteiger partial charge is 0.510 e. The lowest BCUT2D eigenvalue weighted by Gasteiger charge is -2.20. The van der Waals surface area contributed by atoms with Gasteiger partial charge in [-0.3, -0.25) is 5.41 Å². The van der Waals surface area contributed by atoms with E-state index in [0.29, 0.717) is 26.3 Å². The van der Waals surface area contributed by atoms with E-state index < -0.39 is 0 Å². The van der Waals surface area contributed by atoms with Crippen molar-refractivity contribution in [3.05, 3.63) is 50.1 Å². The summed E-state index contributed by atoms with van der Waals surface area (Å²) < 4.78 is 0. The molecule has 2 heterocycles. The predicted molar refractivity (Wildman–Crippen MR) is 87.9 cm³/mol. The van der Waals surface area contributed by atoms with Crippen molar-refractivity contribution in [2.75, 3.05) is 11.4 Å². The Kier molecular flexibility index (Phi) is 3.65. The zero-order chi connectivity index (χ0) is 15.1. The Balaban J connectivity index is 2.00. The van der Waals surface area contributed by atoms with Crippen LogP contribution in [-0.4, -0.2) is 22.5 Å². The second-order valence-corrected chi connectivity index (χ2v) is 6.27. The summed E-state index contributed by atoms with van der Waals surface area (Å²) >= 11 is 13.6. The lowest BCUT2D eigenvalue weighted by molar-refractivity contribution is 0.411. The molecule has 1 aliphatic heterocycles. The Labute approximate surface area is 135 Å². The number of halogens is 2. The van der Waals surface area contributed by atoms with Gasteiger partial charge in [-0.05, 0) is 19.1 Å². The average molecular weight is 340 g/mol. The van der Waals surface area contributed by atoms with Gasteiger partial charge in [0.15, 0.2) is 0 Å². The summed E-state index contributed by atoms with van der Waals surface area (Å²) in [7, 11) is 0. The number of nitrogens with zero attached hydrogens (tertiary/aromatic N) is 2. The molecule has 0 saturated heterocycles. The quantitative estimate of drug-likeness (QED) is 0.845. The summed E-state index contributed by atoms with van der Waals surface area (Å²) in [6.45, 7) is 2.06. The number of thiazole rings is 1. The Bertz CT molecular complexity index is 769. The van der Waals surface area contributed by atoms with E-state index in [1.54, 1.807) is 23.1 Å². The molecule has 3 rings (SSSR count).